The third-order valence-corrected chi connectivity index (χ3v) is 3.82. The quantitative estimate of drug-likeness (QED) is 0.509. The molecular formula is C20H20ClNO5. The summed E-state index contributed by atoms with van der Waals surface area (Å²) < 4.78 is 16.0. The Bertz CT molecular complexity index is 801. The molecule has 0 aromatic heterocycles. The highest BCUT2D eigenvalue weighted by Gasteiger charge is 2.20. The molecule has 1 unspecified atom stereocenters. The molecule has 2 aromatic carbocycles. The number of rotatable bonds is 9. The maximum atomic E-state index is 12.4. The molecule has 2 aromatic rings. The number of methoxy groups -OCH3 is 1. The Morgan fingerprint density at radius 2 is 2.04 bits per heavy atom. The van der Waals surface area contributed by atoms with Crippen molar-refractivity contribution in [1.29, 1.82) is 0 Å². The molecule has 1 atom stereocenters. The van der Waals surface area contributed by atoms with Crippen LogP contribution in [0.3, 0.4) is 0 Å². The molecule has 0 bridgehead atoms. The number of carbonyl (C=O) groups is 1. The minimum atomic E-state index is -0.841. The Morgan fingerprint density at radius 1 is 1.30 bits per heavy atom. The summed E-state index contributed by atoms with van der Waals surface area (Å²) in [6.45, 7) is 0.484. The van der Waals surface area contributed by atoms with Gasteiger partial charge in [0.2, 0.25) is 0 Å². The first-order chi connectivity index (χ1) is 13.0. The van der Waals surface area contributed by atoms with E-state index in [9.17, 15) is 9.90 Å². The highest BCUT2D eigenvalue weighted by Crippen LogP contribution is 2.29. The molecule has 0 aliphatic rings. The summed E-state index contributed by atoms with van der Waals surface area (Å²) in [6.07, 6.45) is 4.38. The molecule has 0 fully saturated rings. The van der Waals surface area contributed by atoms with Gasteiger partial charge < -0.3 is 24.6 Å². The van der Waals surface area contributed by atoms with Crippen molar-refractivity contribution in [3.05, 3.63) is 53.1 Å². The highest BCUT2D eigenvalue weighted by molar-refractivity contribution is 6.30. The van der Waals surface area contributed by atoms with E-state index in [1.807, 2.05) is 0 Å². The average Bonchev–Trinajstić information content (AvgIpc) is 2.68. The van der Waals surface area contributed by atoms with Gasteiger partial charge in [-0.2, -0.15) is 0 Å². The van der Waals surface area contributed by atoms with Crippen LogP contribution in [-0.4, -0.2) is 37.9 Å². The first kappa shape index (κ1) is 20.4. The molecule has 0 aliphatic carbocycles. The van der Waals surface area contributed by atoms with E-state index < -0.39 is 6.10 Å². The van der Waals surface area contributed by atoms with E-state index in [0.29, 0.717) is 22.1 Å². The van der Waals surface area contributed by atoms with E-state index in [1.165, 1.54) is 13.2 Å². The van der Waals surface area contributed by atoms with Crippen LogP contribution in [0.2, 0.25) is 5.02 Å². The number of ether oxygens (including phenoxy) is 3. The third-order valence-electron chi connectivity index (χ3n) is 3.57. The van der Waals surface area contributed by atoms with Crippen LogP contribution in [0.5, 0.6) is 17.2 Å². The molecule has 142 valence electrons. The van der Waals surface area contributed by atoms with Crippen LogP contribution < -0.4 is 14.8 Å². The van der Waals surface area contributed by atoms with Crippen molar-refractivity contribution in [2.24, 2.45) is 0 Å². The van der Waals surface area contributed by atoms with Crippen molar-refractivity contribution >= 4 is 17.5 Å². The monoisotopic (exact) mass is 389 g/mol. The number of terminal acetylenes is 1. The number of carbonyl (C=O) groups excluding carboxylic acids is 1. The smallest absolute Gasteiger partial charge is 0.253 e. The molecule has 0 heterocycles. The van der Waals surface area contributed by atoms with E-state index in [1.54, 1.807) is 36.4 Å². The lowest BCUT2D eigenvalue weighted by Crippen LogP contribution is -2.34. The number of hydrogen-bond donors (Lipinski definition) is 2. The zero-order valence-corrected chi connectivity index (χ0v) is 15.5. The SMILES string of the molecule is C#CCOC(C(=O)NCCOc1ccc(O)c(OC)c1)c1ccc(Cl)cc1. The molecule has 1 amide bonds. The Balaban J connectivity index is 1.89. The van der Waals surface area contributed by atoms with Gasteiger partial charge in [0.15, 0.2) is 17.6 Å². The minimum Gasteiger partial charge on any atom is -0.504 e. The molecule has 2 rings (SSSR count). The molecular weight excluding hydrogens is 370 g/mol. The largest absolute Gasteiger partial charge is 0.504 e. The van der Waals surface area contributed by atoms with Crippen LogP contribution in [0.15, 0.2) is 42.5 Å². The summed E-state index contributed by atoms with van der Waals surface area (Å²) >= 11 is 5.88. The van der Waals surface area contributed by atoms with Gasteiger partial charge in [-0.25, -0.2) is 0 Å². The van der Waals surface area contributed by atoms with Crippen molar-refractivity contribution < 1.29 is 24.1 Å². The maximum absolute atomic E-state index is 12.4. The average molecular weight is 390 g/mol. The number of hydrogen-bond acceptors (Lipinski definition) is 5. The molecule has 2 N–H and O–H groups in total. The second kappa shape index (κ2) is 10.3. The van der Waals surface area contributed by atoms with E-state index >= 15 is 0 Å². The van der Waals surface area contributed by atoms with Crippen molar-refractivity contribution in [2.75, 3.05) is 26.9 Å². The number of phenolic OH excluding ortho intramolecular Hbond substituents is 1. The normalized spacial score (nSPS) is 11.3. The molecule has 0 aliphatic heterocycles. The summed E-state index contributed by atoms with van der Waals surface area (Å²) in [5.74, 6) is 2.86. The molecule has 27 heavy (non-hydrogen) atoms. The summed E-state index contributed by atoms with van der Waals surface area (Å²) in [7, 11) is 1.45. The first-order valence-corrected chi connectivity index (χ1v) is 8.51. The van der Waals surface area contributed by atoms with Gasteiger partial charge in [-0.1, -0.05) is 29.7 Å². The minimum absolute atomic E-state index is 0.00448. The van der Waals surface area contributed by atoms with Gasteiger partial charge in [0, 0.05) is 11.1 Å². The predicted molar refractivity (Wildman–Crippen MR) is 102 cm³/mol. The molecule has 0 radical (unpaired) electrons. The van der Waals surface area contributed by atoms with Crippen LogP contribution in [0.25, 0.3) is 0 Å². The van der Waals surface area contributed by atoms with Gasteiger partial charge >= 0.3 is 0 Å². The zero-order valence-electron chi connectivity index (χ0n) is 14.8. The zero-order chi connectivity index (χ0) is 19.6. The second-order valence-corrected chi connectivity index (χ2v) is 5.86. The summed E-state index contributed by atoms with van der Waals surface area (Å²) in [5, 5.41) is 12.9. The fourth-order valence-corrected chi connectivity index (χ4v) is 2.40. The standard InChI is InChI=1S/C20H20ClNO5/c1-3-11-27-19(14-4-6-15(21)7-5-14)20(24)22-10-12-26-16-8-9-17(23)18(13-16)25-2/h1,4-9,13,19,23H,10-12H2,2H3,(H,22,24). The Hall–Kier alpha value is -2.88. The number of nitrogens with one attached hydrogen (secondary N) is 1. The van der Waals surface area contributed by atoms with Gasteiger partial charge in [0.25, 0.3) is 5.91 Å². The van der Waals surface area contributed by atoms with Gasteiger partial charge in [-0.05, 0) is 29.8 Å². The number of phenols is 1. The Kier molecular flexibility index (Phi) is 7.80. The molecule has 0 spiro atoms. The molecule has 0 saturated carbocycles. The van der Waals surface area contributed by atoms with Crippen molar-refractivity contribution in [3.63, 3.8) is 0 Å². The summed E-state index contributed by atoms with van der Waals surface area (Å²) in [4.78, 5) is 12.4. The number of benzene rings is 2. The van der Waals surface area contributed by atoms with E-state index in [-0.39, 0.29) is 31.4 Å². The van der Waals surface area contributed by atoms with Gasteiger partial charge in [0.1, 0.15) is 19.0 Å². The van der Waals surface area contributed by atoms with Crippen molar-refractivity contribution in [2.45, 2.75) is 6.10 Å². The van der Waals surface area contributed by atoms with E-state index in [0.717, 1.165) is 0 Å². The van der Waals surface area contributed by atoms with Gasteiger partial charge in [-0.15, -0.1) is 6.42 Å². The number of amides is 1. The third kappa shape index (κ3) is 6.10. The fourth-order valence-electron chi connectivity index (χ4n) is 2.28. The molecule has 7 heteroatoms. The fraction of sp³-hybridized carbons (Fsp3) is 0.250. The topological polar surface area (TPSA) is 77.0 Å². The van der Waals surface area contributed by atoms with Crippen molar-refractivity contribution in [1.82, 2.24) is 5.32 Å². The van der Waals surface area contributed by atoms with Gasteiger partial charge in [0.05, 0.1) is 13.7 Å². The van der Waals surface area contributed by atoms with Crippen LogP contribution in [0, 0.1) is 12.3 Å². The van der Waals surface area contributed by atoms with Gasteiger partial charge in [-0.3, -0.25) is 4.79 Å². The Morgan fingerprint density at radius 3 is 2.70 bits per heavy atom. The maximum Gasteiger partial charge on any atom is 0.253 e. The predicted octanol–water partition coefficient (Wildman–Crippen LogP) is 2.94. The number of aromatic hydroxyl groups is 1. The van der Waals surface area contributed by atoms with E-state index in [4.69, 9.17) is 32.2 Å². The van der Waals surface area contributed by atoms with Crippen LogP contribution >= 0.6 is 11.6 Å². The van der Waals surface area contributed by atoms with Crippen LogP contribution in [0.4, 0.5) is 0 Å². The highest BCUT2D eigenvalue weighted by atomic mass is 35.5. The van der Waals surface area contributed by atoms with Crippen molar-refractivity contribution in [3.8, 4) is 29.6 Å². The second-order valence-electron chi connectivity index (χ2n) is 5.42. The lowest BCUT2D eigenvalue weighted by Gasteiger charge is -2.17. The van der Waals surface area contributed by atoms with Crippen LogP contribution in [-0.2, 0) is 9.53 Å². The van der Waals surface area contributed by atoms with E-state index in [2.05, 4.69) is 11.2 Å². The lowest BCUT2D eigenvalue weighted by atomic mass is 10.1. The van der Waals surface area contributed by atoms with Crippen LogP contribution in [0.1, 0.15) is 11.7 Å². The molecule has 0 saturated heterocycles. The molecule has 6 nitrogen and oxygen atoms in total. The summed E-state index contributed by atoms with van der Waals surface area (Å²) in [6, 6.07) is 11.4. The lowest BCUT2D eigenvalue weighted by molar-refractivity contribution is -0.132. The number of halogens is 1. The summed E-state index contributed by atoms with van der Waals surface area (Å²) in [5.41, 5.74) is 0.649. The Labute approximate surface area is 163 Å². The first-order valence-electron chi connectivity index (χ1n) is 8.13.